The zero-order valence-corrected chi connectivity index (χ0v) is 32.1. The second-order valence-corrected chi connectivity index (χ2v) is 18.4. The topological polar surface area (TPSA) is 40.5 Å². The highest BCUT2D eigenvalue weighted by Gasteiger charge is 2.24. The summed E-state index contributed by atoms with van der Waals surface area (Å²) < 4.78 is 0. The van der Waals surface area contributed by atoms with Gasteiger partial charge in [0.2, 0.25) is 0 Å². The molecule has 50 heavy (non-hydrogen) atoms. The Morgan fingerprint density at radius 2 is 0.620 bits per heavy atom. The van der Waals surface area contributed by atoms with Crippen molar-refractivity contribution in [1.82, 2.24) is 0 Å². The monoisotopic (exact) mass is 662 g/mol. The van der Waals surface area contributed by atoms with Gasteiger partial charge >= 0.3 is 0 Å². The van der Waals surface area contributed by atoms with Gasteiger partial charge in [-0.2, -0.15) is 0 Å². The Hall–Kier alpha value is -4.56. The largest absolute Gasteiger partial charge is 0.507 e. The van der Waals surface area contributed by atoms with Gasteiger partial charge in [-0.3, -0.25) is 0 Å². The summed E-state index contributed by atoms with van der Waals surface area (Å²) in [6.45, 7) is 27.2. The van der Waals surface area contributed by atoms with E-state index in [1.54, 1.807) is 12.1 Å². The lowest BCUT2D eigenvalue weighted by Gasteiger charge is -2.26. The molecule has 0 fully saturated rings. The van der Waals surface area contributed by atoms with Crippen molar-refractivity contribution in [2.75, 3.05) is 0 Å². The highest BCUT2D eigenvalue weighted by molar-refractivity contribution is 6.10. The van der Waals surface area contributed by atoms with Gasteiger partial charge in [-0.15, -0.1) is 0 Å². The van der Waals surface area contributed by atoms with Gasteiger partial charge in [-0.05, 0) is 112 Å². The number of phenolic OH excluding ortho intramolecular Hbond substituents is 2. The summed E-state index contributed by atoms with van der Waals surface area (Å²) in [5, 5.41) is 26.7. The Balaban J connectivity index is 1.51. The van der Waals surface area contributed by atoms with Gasteiger partial charge in [0.25, 0.3) is 0 Å². The normalized spacial score (nSPS) is 13.0. The molecule has 0 saturated carbocycles. The fourth-order valence-electron chi connectivity index (χ4n) is 6.84. The first kappa shape index (κ1) is 35.3. The molecule has 258 valence electrons. The van der Waals surface area contributed by atoms with Gasteiger partial charge in [-0.1, -0.05) is 156 Å². The minimum Gasteiger partial charge on any atom is -0.507 e. The van der Waals surface area contributed by atoms with Crippen LogP contribution in [0.25, 0.3) is 54.9 Å². The number of rotatable bonds is 3. The fourth-order valence-corrected chi connectivity index (χ4v) is 6.84. The Morgan fingerprint density at radius 1 is 0.320 bits per heavy atom. The molecule has 0 aromatic heterocycles. The van der Waals surface area contributed by atoms with Crippen LogP contribution in [0.3, 0.4) is 0 Å². The predicted molar refractivity (Wildman–Crippen MR) is 216 cm³/mol. The van der Waals surface area contributed by atoms with Crippen LogP contribution in [0.2, 0.25) is 0 Å². The van der Waals surface area contributed by atoms with Crippen LogP contribution >= 0.6 is 0 Å². The maximum Gasteiger partial charge on any atom is 0.124 e. The van der Waals surface area contributed by atoms with Crippen molar-refractivity contribution in [3.05, 3.63) is 119 Å². The van der Waals surface area contributed by atoms with E-state index >= 15 is 0 Å². The molecule has 0 atom stereocenters. The predicted octanol–water partition coefficient (Wildman–Crippen LogP) is 13.6. The van der Waals surface area contributed by atoms with Crippen molar-refractivity contribution >= 4 is 21.5 Å². The van der Waals surface area contributed by atoms with Crippen LogP contribution in [0.5, 0.6) is 11.5 Å². The second-order valence-electron chi connectivity index (χ2n) is 18.4. The van der Waals surface area contributed by atoms with E-state index in [0.717, 1.165) is 32.7 Å². The third-order valence-electron chi connectivity index (χ3n) is 10.2. The molecule has 0 aliphatic heterocycles. The Morgan fingerprint density at radius 3 is 0.900 bits per heavy atom. The second kappa shape index (κ2) is 12.0. The Bertz CT molecular complexity index is 2030. The molecule has 0 amide bonds. The minimum absolute atomic E-state index is 0.0157. The Labute approximate surface area is 299 Å². The van der Waals surface area contributed by atoms with Gasteiger partial charge in [0.15, 0.2) is 0 Å². The summed E-state index contributed by atoms with van der Waals surface area (Å²) >= 11 is 0. The van der Waals surface area contributed by atoms with Gasteiger partial charge in [0.1, 0.15) is 11.5 Å². The molecule has 2 heteroatoms. The maximum absolute atomic E-state index is 11.4. The summed E-state index contributed by atoms with van der Waals surface area (Å²) in [5.74, 6) is 0.296. The van der Waals surface area contributed by atoms with Crippen molar-refractivity contribution in [2.24, 2.45) is 0 Å². The van der Waals surface area contributed by atoms with Crippen LogP contribution in [-0.2, 0) is 21.7 Å². The summed E-state index contributed by atoms with van der Waals surface area (Å²) in [7, 11) is 0. The zero-order valence-electron chi connectivity index (χ0n) is 32.1. The smallest absolute Gasteiger partial charge is 0.124 e. The number of benzene rings is 6. The first-order valence-corrected chi connectivity index (χ1v) is 18.0. The van der Waals surface area contributed by atoms with Gasteiger partial charge in [-0.25, -0.2) is 0 Å². The number of hydrogen-bond donors (Lipinski definition) is 2. The number of hydrogen-bond acceptors (Lipinski definition) is 2. The lowest BCUT2D eigenvalue weighted by Crippen LogP contribution is -2.16. The molecule has 2 N–H and O–H groups in total. The van der Waals surface area contributed by atoms with E-state index < -0.39 is 0 Å². The van der Waals surface area contributed by atoms with Crippen molar-refractivity contribution in [3.8, 4) is 44.9 Å². The molecule has 2 nitrogen and oxygen atoms in total. The van der Waals surface area contributed by atoms with Crippen molar-refractivity contribution in [2.45, 2.75) is 105 Å². The number of aromatic hydroxyl groups is 2. The van der Waals surface area contributed by atoms with E-state index in [1.807, 2.05) is 12.1 Å². The van der Waals surface area contributed by atoms with E-state index in [9.17, 15) is 10.2 Å². The molecule has 0 saturated heterocycles. The van der Waals surface area contributed by atoms with E-state index in [2.05, 4.69) is 156 Å². The molecule has 0 unspecified atom stereocenters. The minimum atomic E-state index is 0.0157. The molecule has 0 radical (unpaired) electrons. The highest BCUT2D eigenvalue weighted by atomic mass is 16.3. The first-order valence-electron chi connectivity index (χ1n) is 18.0. The van der Waals surface area contributed by atoms with Gasteiger partial charge < -0.3 is 10.2 Å². The molecule has 0 aliphatic carbocycles. The summed E-state index contributed by atoms with van der Waals surface area (Å²) in [5.41, 5.74) is 11.2. The zero-order chi connectivity index (χ0) is 36.6. The van der Waals surface area contributed by atoms with Crippen LogP contribution in [0.15, 0.2) is 97.1 Å². The summed E-state index contributed by atoms with van der Waals surface area (Å²) in [6.07, 6.45) is 0. The standard InChI is InChI=1S/C48H54O2/c1-45(2,3)35-23-33(24-36(27-35)46(4,5)6)29-13-17-39-31(21-29)15-19-41(49)43(39)44-40-18-14-30(22-32(40)16-20-42(44)50)34-25-37(47(7,8)9)28-38(26-34)48(10,11)12/h13-28,49-50H,1-12H3. The number of fused-ring (bicyclic) bond motifs is 2. The van der Waals surface area contributed by atoms with Crippen LogP contribution in [0.4, 0.5) is 0 Å². The van der Waals surface area contributed by atoms with Crippen LogP contribution < -0.4 is 0 Å². The average molecular weight is 663 g/mol. The van der Waals surface area contributed by atoms with E-state index in [4.69, 9.17) is 0 Å². The van der Waals surface area contributed by atoms with Crippen LogP contribution in [0, 0.1) is 0 Å². The van der Waals surface area contributed by atoms with Crippen molar-refractivity contribution < 1.29 is 10.2 Å². The molecule has 6 aromatic rings. The summed E-state index contributed by atoms with van der Waals surface area (Å²) in [6, 6.07) is 34.3. The lowest BCUT2D eigenvalue weighted by atomic mass is 9.78. The third-order valence-corrected chi connectivity index (χ3v) is 10.2. The molecular weight excluding hydrogens is 609 g/mol. The van der Waals surface area contributed by atoms with Crippen LogP contribution in [-0.4, -0.2) is 10.2 Å². The van der Waals surface area contributed by atoms with E-state index in [-0.39, 0.29) is 33.2 Å². The van der Waals surface area contributed by atoms with Gasteiger partial charge in [0, 0.05) is 11.1 Å². The van der Waals surface area contributed by atoms with E-state index in [1.165, 1.54) is 33.4 Å². The third kappa shape index (κ3) is 6.78. The molecule has 0 heterocycles. The molecule has 0 aliphatic rings. The quantitative estimate of drug-likeness (QED) is 0.198. The van der Waals surface area contributed by atoms with Crippen molar-refractivity contribution in [1.29, 1.82) is 0 Å². The molecule has 0 spiro atoms. The van der Waals surface area contributed by atoms with E-state index in [0.29, 0.717) is 11.1 Å². The average Bonchev–Trinajstić information content (AvgIpc) is 3.02. The SMILES string of the molecule is CC(C)(C)c1cc(-c2ccc3c(-c4c(O)ccc5cc(-c6cc(C(C)(C)C)cc(C(C)(C)C)c6)ccc45)c(O)ccc3c2)cc(C(C)(C)C)c1. The summed E-state index contributed by atoms with van der Waals surface area (Å²) in [4.78, 5) is 0. The lowest BCUT2D eigenvalue weighted by molar-refractivity contribution is 0.470. The van der Waals surface area contributed by atoms with Gasteiger partial charge in [0.05, 0.1) is 0 Å². The fraction of sp³-hybridized carbons (Fsp3) is 0.333. The van der Waals surface area contributed by atoms with Crippen LogP contribution in [0.1, 0.15) is 105 Å². The molecular formula is C48H54O2. The molecule has 6 aromatic carbocycles. The Kier molecular flexibility index (Phi) is 8.50. The maximum atomic E-state index is 11.4. The molecule has 0 bridgehead atoms. The van der Waals surface area contributed by atoms with Crippen molar-refractivity contribution in [3.63, 3.8) is 0 Å². The highest BCUT2D eigenvalue weighted by Crippen LogP contribution is 2.46. The number of phenols is 2. The molecule has 6 rings (SSSR count). The first-order chi connectivity index (χ1) is 23.1.